The Morgan fingerprint density at radius 2 is 1.97 bits per heavy atom. The van der Waals surface area contributed by atoms with E-state index in [2.05, 4.69) is 32.1 Å². The third kappa shape index (κ3) is 3.83. The summed E-state index contributed by atoms with van der Waals surface area (Å²) in [7, 11) is 0. The molecule has 6 rings (SSSR count). The van der Waals surface area contributed by atoms with Gasteiger partial charge in [0.15, 0.2) is 5.65 Å². The molecular weight excluding hydrogens is 368 g/mol. The first-order valence-electron chi connectivity index (χ1n) is 10.9. The highest BCUT2D eigenvalue weighted by atomic mass is 16.5. The van der Waals surface area contributed by atoms with Crippen LogP contribution in [0, 0.1) is 5.92 Å². The van der Waals surface area contributed by atoms with Gasteiger partial charge in [0.05, 0.1) is 12.3 Å². The summed E-state index contributed by atoms with van der Waals surface area (Å²) in [6.07, 6.45) is 7.92. The Kier molecular flexibility index (Phi) is 5.13. The molecule has 1 amide bonds. The molecule has 3 aliphatic heterocycles. The molecule has 5 heterocycles. The summed E-state index contributed by atoms with van der Waals surface area (Å²) < 4.78 is 5.81. The van der Waals surface area contributed by atoms with E-state index in [1.165, 1.54) is 12.8 Å². The molecule has 8 heteroatoms. The number of nitrogens with zero attached hydrogens (tertiary/aromatic N) is 4. The summed E-state index contributed by atoms with van der Waals surface area (Å²) in [4.78, 5) is 28.2. The Morgan fingerprint density at radius 3 is 2.59 bits per heavy atom. The number of carbonyl (C=O) groups is 1. The Balaban J connectivity index is 0.000000408. The Bertz CT molecular complexity index is 846. The molecule has 2 bridgehead atoms. The van der Waals surface area contributed by atoms with Gasteiger partial charge in [0, 0.05) is 44.5 Å². The van der Waals surface area contributed by atoms with Crippen LogP contribution in [0.5, 0.6) is 0 Å². The van der Waals surface area contributed by atoms with Crippen molar-refractivity contribution in [2.75, 3.05) is 37.7 Å². The van der Waals surface area contributed by atoms with Gasteiger partial charge in [-0.15, -0.1) is 0 Å². The van der Waals surface area contributed by atoms with E-state index in [1.807, 2.05) is 17.2 Å². The molecule has 0 radical (unpaired) electrons. The quantitative estimate of drug-likeness (QED) is 0.768. The highest BCUT2D eigenvalue weighted by Crippen LogP contribution is 2.34. The van der Waals surface area contributed by atoms with Gasteiger partial charge in [0.1, 0.15) is 17.4 Å². The zero-order valence-electron chi connectivity index (χ0n) is 17.0. The fraction of sp³-hybridized carbons (Fsp3) is 0.667. The van der Waals surface area contributed by atoms with E-state index in [9.17, 15) is 4.79 Å². The number of ether oxygens (including phenoxy) is 1. The minimum atomic E-state index is -0.0566. The summed E-state index contributed by atoms with van der Waals surface area (Å²) in [5.74, 6) is 1.91. The van der Waals surface area contributed by atoms with Crippen LogP contribution in [0.1, 0.15) is 44.5 Å². The third-order valence-corrected chi connectivity index (χ3v) is 6.49. The number of nitrogens with one attached hydrogen (secondary N) is 2. The number of piperazine rings is 1. The number of morpholine rings is 1. The number of rotatable bonds is 3. The first-order chi connectivity index (χ1) is 14.2. The molecule has 2 aromatic rings. The Labute approximate surface area is 171 Å². The summed E-state index contributed by atoms with van der Waals surface area (Å²) >= 11 is 0. The molecule has 0 spiro atoms. The lowest BCUT2D eigenvalue weighted by Crippen LogP contribution is -2.53. The first kappa shape index (κ1) is 18.8. The van der Waals surface area contributed by atoms with E-state index in [0.29, 0.717) is 18.7 Å². The van der Waals surface area contributed by atoms with Crippen molar-refractivity contribution in [1.29, 1.82) is 0 Å². The zero-order valence-corrected chi connectivity index (χ0v) is 17.0. The summed E-state index contributed by atoms with van der Waals surface area (Å²) in [5.41, 5.74) is 2.81. The second-order valence-corrected chi connectivity index (χ2v) is 8.74. The standard InChI is InChI=1S/C17H22N6O2.C4H8/c24-10-23-11-1-2-12(23)9-22(8-11)13-3-4-19-17-15(13)20-16(21-17)14-7-18-5-6-25-14;1-4-2-3-4/h3-4,10-12,14,18H,1-2,5-9H2,(H,19,20,21);4H,2-3H2,1H3. The summed E-state index contributed by atoms with van der Waals surface area (Å²) in [5, 5.41) is 3.33. The van der Waals surface area contributed by atoms with Crippen molar-refractivity contribution in [1.82, 2.24) is 25.2 Å². The van der Waals surface area contributed by atoms with Crippen molar-refractivity contribution in [3.8, 4) is 0 Å². The van der Waals surface area contributed by atoms with Gasteiger partial charge in [-0.25, -0.2) is 9.97 Å². The van der Waals surface area contributed by atoms with Crippen LogP contribution in [0.4, 0.5) is 5.69 Å². The molecule has 3 atom stereocenters. The van der Waals surface area contributed by atoms with Crippen LogP contribution >= 0.6 is 0 Å². The van der Waals surface area contributed by atoms with Crippen molar-refractivity contribution >= 4 is 23.3 Å². The van der Waals surface area contributed by atoms with Gasteiger partial charge in [-0.05, 0) is 24.8 Å². The molecule has 1 aliphatic carbocycles. The fourth-order valence-corrected chi connectivity index (χ4v) is 4.54. The minimum absolute atomic E-state index is 0.0566. The van der Waals surface area contributed by atoms with E-state index < -0.39 is 0 Å². The number of aromatic nitrogens is 3. The number of pyridine rings is 1. The molecule has 4 fully saturated rings. The van der Waals surface area contributed by atoms with E-state index >= 15 is 0 Å². The molecule has 29 heavy (non-hydrogen) atoms. The van der Waals surface area contributed by atoms with Crippen LogP contribution in [0.25, 0.3) is 11.2 Å². The zero-order chi connectivity index (χ0) is 19.8. The van der Waals surface area contributed by atoms with Crippen molar-refractivity contribution in [2.24, 2.45) is 5.92 Å². The van der Waals surface area contributed by atoms with Crippen LogP contribution in [0.3, 0.4) is 0 Å². The highest BCUT2D eigenvalue weighted by molar-refractivity contribution is 5.86. The minimum Gasteiger partial charge on any atom is -0.368 e. The average Bonchev–Trinajstić information content (AvgIpc) is 3.34. The molecular formula is C21H30N6O2. The smallest absolute Gasteiger partial charge is 0.210 e. The maximum Gasteiger partial charge on any atom is 0.210 e. The maximum atomic E-state index is 11.3. The van der Waals surface area contributed by atoms with E-state index in [-0.39, 0.29) is 6.10 Å². The van der Waals surface area contributed by atoms with Gasteiger partial charge in [-0.3, -0.25) is 4.79 Å². The lowest BCUT2D eigenvalue weighted by molar-refractivity contribution is -0.121. The van der Waals surface area contributed by atoms with Crippen LogP contribution < -0.4 is 10.2 Å². The number of amides is 1. The summed E-state index contributed by atoms with van der Waals surface area (Å²) in [6, 6.07) is 2.67. The van der Waals surface area contributed by atoms with E-state index in [4.69, 9.17) is 4.74 Å². The lowest BCUT2D eigenvalue weighted by Gasteiger charge is -2.40. The number of anilines is 1. The topological polar surface area (TPSA) is 86.4 Å². The third-order valence-electron chi connectivity index (χ3n) is 6.49. The molecule has 156 valence electrons. The fourth-order valence-electron chi connectivity index (χ4n) is 4.54. The number of fused-ring (bicyclic) bond motifs is 3. The maximum absolute atomic E-state index is 11.3. The Morgan fingerprint density at radius 1 is 1.21 bits per heavy atom. The number of H-pyrrole nitrogens is 1. The second kappa shape index (κ2) is 7.91. The van der Waals surface area contributed by atoms with Crippen molar-refractivity contribution in [2.45, 2.75) is 50.8 Å². The first-order valence-corrected chi connectivity index (χ1v) is 10.9. The molecule has 3 unspecified atom stereocenters. The van der Waals surface area contributed by atoms with Gasteiger partial charge in [-0.2, -0.15) is 0 Å². The number of aromatic amines is 1. The van der Waals surface area contributed by atoms with Gasteiger partial charge in [-0.1, -0.05) is 19.8 Å². The summed E-state index contributed by atoms with van der Waals surface area (Å²) in [6.45, 7) is 6.34. The van der Waals surface area contributed by atoms with Gasteiger partial charge in [0.2, 0.25) is 6.41 Å². The van der Waals surface area contributed by atoms with Gasteiger partial charge < -0.3 is 24.8 Å². The monoisotopic (exact) mass is 398 g/mol. The van der Waals surface area contributed by atoms with E-state index in [0.717, 1.165) is 74.0 Å². The van der Waals surface area contributed by atoms with Crippen molar-refractivity contribution in [3.05, 3.63) is 18.1 Å². The van der Waals surface area contributed by atoms with Crippen LogP contribution in [-0.4, -0.2) is 71.1 Å². The van der Waals surface area contributed by atoms with Crippen LogP contribution in [0.15, 0.2) is 12.3 Å². The molecule has 8 nitrogen and oxygen atoms in total. The second-order valence-electron chi connectivity index (χ2n) is 8.74. The van der Waals surface area contributed by atoms with Crippen molar-refractivity contribution in [3.63, 3.8) is 0 Å². The molecule has 2 N–H and O–H groups in total. The molecule has 3 saturated heterocycles. The average molecular weight is 399 g/mol. The predicted octanol–water partition coefficient (Wildman–Crippen LogP) is 1.84. The number of carbonyl (C=O) groups excluding carboxylic acids is 1. The largest absolute Gasteiger partial charge is 0.368 e. The number of hydrogen-bond donors (Lipinski definition) is 2. The normalized spacial score (nSPS) is 28.9. The lowest BCUT2D eigenvalue weighted by atomic mass is 10.2. The van der Waals surface area contributed by atoms with Gasteiger partial charge in [0.25, 0.3) is 0 Å². The van der Waals surface area contributed by atoms with Crippen molar-refractivity contribution < 1.29 is 9.53 Å². The van der Waals surface area contributed by atoms with Gasteiger partial charge >= 0.3 is 0 Å². The Hall–Kier alpha value is -2.19. The number of imidazole rings is 1. The van der Waals surface area contributed by atoms with Crippen LogP contribution in [0.2, 0.25) is 0 Å². The predicted molar refractivity (Wildman–Crippen MR) is 111 cm³/mol. The SMILES string of the molecule is CC1CC1.O=CN1C2CCC1CN(c1ccnc3nc(C4CNCCO4)[nH]c13)C2. The molecule has 4 aliphatic rings. The molecule has 2 aromatic heterocycles. The van der Waals surface area contributed by atoms with Crippen LogP contribution in [-0.2, 0) is 9.53 Å². The molecule has 1 saturated carbocycles. The highest BCUT2D eigenvalue weighted by Gasteiger charge is 2.39. The molecule has 0 aromatic carbocycles. The number of hydrogen-bond acceptors (Lipinski definition) is 6. The van der Waals surface area contributed by atoms with E-state index in [1.54, 1.807) is 0 Å².